The molecule has 1 fully saturated rings. The van der Waals surface area contributed by atoms with Crippen LogP contribution in [-0.2, 0) is 11.8 Å². The summed E-state index contributed by atoms with van der Waals surface area (Å²) in [6.45, 7) is 1.51. The van der Waals surface area contributed by atoms with E-state index >= 15 is 0 Å². The van der Waals surface area contributed by atoms with Crippen molar-refractivity contribution in [1.29, 1.82) is 0 Å². The standard InChI is InChI=1S/C9H15N3O/c1-12-8(2-4-11-12)9-7(6-10)3-5-13-9/h2,4,7,9H,3,5-6,10H2,1H3/t7-,9+/m1/s1. The minimum atomic E-state index is 0.150. The lowest BCUT2D eigenvalue weighted by Gasteiger charge is -2.16. The number of nitrogens with two attached hydrogens (primary N) is 1. The number of nitrogens with zero attached hydrogens (tertiary/aromatic N) is 2. The van der Waals surface area contributed by atoms with Gasteiger partial charge >= 0.3 is 0 Å². The molecular weight excluding hydrogens is 166 g/mol. The molecule has 4 nitrogen and oxygen atoms in total. The van der Waals surface area contributed by atoms with Gasteiger partial charge in [-0.15, -0.1) is 0 Å². The van der Waals surface area contributed by atoms with Crippen molar-refractivity contribution in [3.05, 3.63) is 18.0 Å². The van der Waals surface area contributed by atoms with Crippen LogP contribution in [0.1, 0.15) is 18.2 Å². The summed E-state index contributed by atoms with van der Waals surface area (Å²) < 4.78 is 7.50. The molecule has 1 aliphatic heterocycles. The number of aryl methyl sites for hydroxylation is 1. The van der Waals surface area contributed by atoms with Crippen molar-refractivity contribution >= 4 is 0 Å². The summed E-state index contributed by atoms with van der Waals surface area (Å²) in [5.41, 5.74) is 6.80. The fourth-order valence-electron chi connectivity index (χ4n) is 1.87. The van der Waals surface area contributed by atoms with Gasteiger partial charge in [0.25, 0.3) is 0 Å². The first-order chi connectivity index (χ1) is 6.33. The molecule has 72 valence electrons. The van der Waals surface area contributed by atoms with Crippen molar-refractivity contribution in [2.24, 2.45) is 18.7 Å². The molecular formula is C9H15N3O. The van der Waals surface area contributed by atoms with Gasteiger partial charge in [0.05, 0.1) is 5.69 Å². The molecule has 2 atom stereocenters. The summed E-state index contributed by atoms with van der Waals surface area (Å²) in [5.74, 6) is 0.454. The van der Waals surface area contributed by atoms with Crippen LogP contribution in [0.25, 0.3) is 0 Å². The molecule has 0 aliphatic carbocycles. The van der Waals surface area contributed by atoms with Crippen molar-refractivity contribution < 1.29 is 4.74 Å². The van der Waals surface area contributed by atoms with Crippen molar-refractivity contribution in [1.82, 2.24) is 9.78 Å². The average molecular weight is 181 g/mol. The zero-order valence-electron chi connectivity index (χ0n) is 7.81. The first-order valence-electron chi connectivity index (χ1n) is 4.62. The van der Waals surface area contributed by atoms with E-state index in [2.05, 4.69) is 5.10 Å². The first kappa shape index (κ1) is 8.72. The molecule has 0 saturated carbocycles. The van der Waals surface area contributed by atoms with Crippen LogP contribution in [0.2, 0.25) is 0 Å². The monoisotopic (exact) mass is 181 g/mol. The molecule has 1 saturated heterocycles. The molecule has 0 amide bonds. The molecule has 2 N–H and O–H groups in total. The third-order valence-corrected chi connectivity index (χ3v) is 2.67. The predicted octanol–water partition coefficient (Wildman–Crippen LogP) is 0.456. The molecule has 0 aromatic carbocycles. The molecule has 2 heterocycles. The number of rotatable bonds is 2. The number of hydrogen-bond acceptors (Lipinski definition) is 3. The summed E-state index contributed by atoms with van der Waals surface area (Å²) >= 11 is 0. The molecule has 0 bridgehead atoms. The van der Waals surface area contributed by atoms with E-state index in [1.807, 2.05) is 17.8 Å². The zero-order chi connectivity index (χ0) is 9.26. The maximum atomic E-state index is 5.67. The molecule has 2 rings (SSSR count). The molecule has 13 heavy (non-hydrogen) atoms. The Morgan fingerprint density at radius 1 is 1.77 bits per heavy atom. The topological polar surface area (TPSA) is 53.1 Å². The summed E-state index contributed by atoms with van der Waals surface area (Å²) in [7, 11) is 1.94. The van der Waals surface area contributed by atoms with E-state index < -0.39 is 0 Å². The quantitative estimate of drug-likeness (QED) is 0.721. The number of ether oxygens (including phenoxy) is 1. The average Bonchev–Trinajstić information content (AvgIpc) is 2.71. The number of aromatic nitrogens is 2. The fourth-order valence-corrected chi connectivity index (χ4v) is 1.87. The molecule has 1 aromatic rings. The van der Waals surface area contributed by atoms with Crippen LogP contribution in [0, 0.1) is 5.92 Å². The van der Waals surface area contributed by atoms with Crippen LogP contribution in [0.3, 0.4) is 0 Å². The highest BCUT2D eigenvalue weighted by Gasteiger charge is 2.30. The Balaban J connectivity index is 2.20. The second-order valence-electron chi connectivity index (χ2n) is 3.46. The van der Waals surface area contributed by atoms with Crippen molar-refractivity contribution in [3.63, 3.8) is 0 Å². The van der Waals surface area contributed by atoms with E-state index in [1.54, 1.807) is 6.20 Å². The first-order valence-corrected chi connectivity index (χ1v) is 4.62. The van der Waals surface area contributed by atoms with Gasteiger partial charge in [0.1, 0.15) is 6.10 Å². The van der Waals surface area contributed by atoms with Crippen LogP contribution in [0.15, 0.2) is 12.3 Å². The Hall–Kier alpha value is -0.870. The Morgan fingerprint density at radius 3 is 3.23 bits per heavy atom. The van der Waals surface area contributed by atoms with Crippen LogP contribution < -0.4 is 5.73 Å². The lowest BCUT2D eigenvalue weighted by atomic mass is 9.99. The van der Waals surface area contributed by atoms with Crippen molar-refractivity contribution in [2.75, 3.05) is 13.2 Å². The van der Waals surface area contributed by atoms with Gasteiger partial charge in [-0.3, -0.25) is 4.68 Å². The van der Waals surface area contributed by atoms with Gasteiger partial charge in [-0.05, 0) is 19.0 Å². The minimum Gasteiger partial charge on any atom is -0.372 e. The second-order valence-corrected chi connectivity index (χ2v) is 3.46. The van der Waals surface area contributed by atoms with Gasteiger partial charge in [-0.2, -0.15) is 5.10 Å². The van der Waals surface area contributed by atoms with Gasteiger partial charge in [0.15, 0.2) is 0 Å². The van der Waals surface area contributed by atoms with Crippen LogP contribution in [0.5, 0.6) is 0 Å². The van der Waals surface area contributed by atoms with Crippen molar-refractivity contribution in [3.8, 4) is 0 Å². The van der Waals surface area contributed by atoms with Gasteiger partial charge < -0.3 is 10.5 Å². The summed E-state index contributed by atoms with van der Waals surface area (Å²) in [6.07, 6.45) is 3.01. The van der Waals surface area contributed by atoms with E-state index in [-0.39, 0.29) is 6.10 Å². The van der Waals surface area contributed by atoms with Gasteiger partial charge in [0, 0.05) is 25.8 Å². The Kier molecular flexibility index (Phi) is 2.33. The predicted molar refractivity (Wildman–Crippen MR) is 49.1 cm³/mol. The van der Waals surface area contributed by atoms with Gasteiger partial charge in [-0.25, -0.2) is 0 Å². The third kappa shape index (κ3) is 1.47. The maximum absolute atomic E-state index is 5.67. The van der Waals surface area contributed by atoms with Crippen LogP contribution >= 0.6 is 0 Å². The smallest absolute Gasteiger partial charge is 0.103 e. The highest BCUT2D eigenvalue weighted by Crippen LogP contribution is 2.33. The summed E-state index contributed by atoms with van der Waals surface area (Å²) in [5, 5.41) is 4.13. The van der Waals surface area contributed by atoms with E-state index in [9.17, 15) is 0 Å². The lowest BCUT2D eigenvalue weighted by Crippen LogP contribution is -2.19. The molecule has 0 radical (unpaired) electrons. The van der Waals surface area contributed by atoms with E-state index in [1.165, 1.54) is 0 Å². The van der Waals surface area contributed by atoms with Crippen LogP contribution in [-0.4, -0.2) is 22.9 Å². The summed E-state index contributed by atoms with van der Waals surface area (Å²) in [4.78, 5) is 0. The Morgan fingerprint density at radius 2 is 2.62 bits per heavy atom. The largest absolute Gasteiger partial charge is 0.372 e. The molecule has 4 heteroatoms. The highest BCUT2D eigenvalue weighted by atomic mass is 16.5. The lowest BCUT2D eigenvalue weighted by molar-refractivity contribution is 0.0858. The molecule has 1 aromatic heterocycles. The molecule has 0 unspecified atom stereocenters. The fraction of sp³-hybridized carbons (Fsp3) is 0.667. The van der Waals surface area contributed by atoms with Gasteiger partial charge in [-0.1, -0.05) is 0 Å². The number of hydrogen-bond donors (Lipinski definition) is 1. The Labute approximate surface area is 77.7 Å². The van der Waals surface area contributed by atoms with Crippen LogP contribution in [0.4, 0.5) is 0 Å². The zero-order valence-corrected chi connectivity index (χ0v) is 7.81. The normalized spacial score (nSPS) is 28.2. The molecule has 0 spiro atoms. The van der Waals surface area contributed by atoms with Gasteiger partial charge in [0.2, 0.25) is 0 Å². The summed E-state index contributed by atoms with van der Waals surface area (Å²) in [6, 6.07) is 2.00. The van der Waals surface area contributed by atoms with Crippen molar-refractivity contribution in [2.45, 2.75) is 12.5 Å². The second kappa shape index (κ2) is 3.47. The Bertz CT molecular complexity index is 284. The highest BCUT2D eigenvalue weighted by molar-refractivity contribution is 5.07. The van der Waals surface area contributed by atoms with E-state index in [4.69, 9.17) is 10.5 Å². The maximum Gasteiger partial charge on any atom is 0.103 e. The van der Waals surface area contributed by atoms with E-state index in [0.717, 1.165) is 18.7 Å². The third-order valence-electron chi connectivity index (χ3n) is 2.67. The van der Waals surface area contributed by atoms with E-state index in [0.29, 0.717) is 12.5 Å². The SMILES string of the molecule is Cn1nccc1[C@H]1OCC[C@@H]1CN. The molecule has 1 aliphatic rings. The minimum absolute atomic E-state index is 0.150.